The van der Waals surface area contributed by atoms with Gasteiger partial charge in [-0.15, -0.1) is 0 Å². The molecule has 0 radical (unpaired) electrons. The Morgan fingerprint density at radius 1 is 0.952 bits per heavy atom. The minimum Gasteiger partial charge on any atom is -0.313 e. The van der Waals surface area contributed by atoms with Crippen molar-refractivity contribution in [2.45, 2.75) is 27.2 Å². The minimum absolute atomic E-state index is 0.0932. The predicted octanol–water partition coefficient (Wildman–Crippen LogP) is 4.42. The monoisotopic (exact) mass is 307 g/mol. The van der Waals surface area contributed by atoms with Crippen LogP contribution in [0.25, 0.3) is 6.08 Å². The largest absolute Gasteiger partial charge is 0.313 e. The number of halogens is 5. The summed E-state index contributed by atoms with van der Waals surface area (Å²) in [6.45, 7) is 6.54. The zero-order valence-electron chi connectivity index (χ0n) is 12.2. The van der Waals surface area contributed by atoms with E-state index in [4.69, 9.17) is 0 Å². The molecule has 0 aliphatic carbocycles. The maximum absolute atomic E-state index is 13.6. The summed E-state index contributed by atoms with van der Waals surface area (Å²) in [4.78, 5) is 0. The predicted molar refractivity (Wildman–Crippen MR) is 72.2 cm³/mol. The van der Waals surface area contributed by atoms with Crippen LogP contribution in [0.4, 0.5) is 22.0 Å². The number of hydrogen-bond acceptors (Lipinski definition) is 1. The van der Waals surface area contributed by atoms with Crippen molar-refractivity contribution in [3.63, 3.8) is 0 Å². The molecule has 0 unspecified atom stereocenters. The lowest BCUT2D eigenvalue weighted by Gasteiger charge is -2.13. The Hall–Kier alpha value is -1.43. The number of benzene rings is 1. The van der Waals surface area contributed by atoms with Gasteiger partial charge in [0.1, 0.15) is 0 Å². The molecule has 1 nitrogen and oxygen atoms in total. The second kappa shape index (κ2) is 7.54. The van der Waals surface area contributed by atoms with Gasteiger partial charge in [-0.3, -0.25) is 0 Å². The highest BCUT2D eigenvalue weighted by atomic mass is 19.2. The van der Waals surface area contributed by atoms with Gasteiger partial charge in [0.25, 0.3) is 0 Å². The topological polar surface area (TPSA) is 12.0 Å². The molecule has 21 heavy (non-hydrogen) atoms. The normalized spacial score (nSPS) is 12.3. The molecule has 0 heterocycles. The van der Waals surface area contributed by atoms with E-state index in [0.717, 1.165) is 12.5 Å². The molecule has 1 aromatic rings. The first kappa shape index (κ1) is 17.6. The molecule has 0 fully saturated rings. The highest BCUT2D eigenvalue weighted by Gasteiger charge is 2.24. The standard InChI is InChI=1S/C15H18F5N/c1-4-5-21-7-9(8(2)3)6-10-11(16)13(18)15(20)14(19)12(10)17/h6,8,21H,4-5,7H2,1-3H3. The molecule has 0 saturated carbocycles. The van der Waals surface area contributed by atoms with Gasteiger partial charge in [0, 0.05) is 6.54 Å². The third-order valence-electron chi connectivity index (χ3n) is 3.07. The van der Waals surface area contributed by atoms with Crippen LogP contribution in [0.2, 0.25) is 0 Å². The van der Waals surface area contributed by atoms with Crippen molar-refractivity contribution in [1.82, 2.24) is 5.32 Å². The van der Waals surface area contributed by atoms with E-state index in [0.29, 0.717) is 18.7 Å². The Morgan fingerprint density at radius 2 is 1.43 bits per heavy atom. The van der Waals surface area contributed by atoms with Crippen molar-refractivity contribution in [2.24, 2.45) is 5.92 Å². The van der Waals surface area contributed by atoms with Gasteiger partial charge in [-0.05, 0) is 25.0 Å². The summed E-state index contributed by atoms with van der Waals surface area (Å²) < 4.78 is 66.5. The maximum atomic E-state index is 13.6. The zero-order chi connectivity index (χ0) is 16.2. The summed E-state index contributed by atoms with van der Waals surface area (Å²) in [5.74, 6) is -9.70. The van der Waals surface area contributed by atoms with Crippen molar-refractivity contribution in [3.05, 3.63) is 40.2 Å². The molecule has 118 valence electrons. The van der Waals surface area contributed by atoms with Crippen molar-refractivity contribution in [1.29, 1.82) is 0 Å². The molecule has 6 heteroatoms. The molecule has 1 aromatic carbocycles. The van der Waals surface area contributed by atoms with Crippen LogP contribution in [0, 0.1) is 35.0 Å². The molecule has 1 N–H and O–H groups in total. The van der Waals surface area contributed by atoms with Gasteiger partial charge in [0.05, 0.1) is 5.56 Å². The van der Waals surface area contributed by atoms with Gasteiger partial charge in [-0.2, -0.15) is 0 Å². The fourth-order valence-corrected chi connectivity index (χ4v) is 1.77. The van der Waals surface area contributed by atoms with E-state index >= 15 is 0 Å². The van der Waals surface area contributed by atoms with Crippen LogP contribution < -0.4 is 5.32 Å². The third kappa shape index (κ3) is 4.03. The Labute approximate surface area is 120 Å². The van der Waals surface area contributed by atoms with Crippen molar-refractivity contribution >= 4 is 6.08 Å². The van der Waals surface area contributed by atoms with Crippen LogP contribution in [0.5, 0.6) is 0 Å². The van der Waals surface area contributed by atoms with E-state index < -0.39 is 34.6 Å². The number of nitrogens with one attached hydrogen (secondary N) is 1. The molecule has 0 atom stereocenters. The number of hydrogen-bond donors (Lipinski definition) is 1. The van der Waals surface area contributed by atoms with Gasteiger partial charge < -0.3 is 5.32 Å². The van der Waals surface area contributed by atoms with E-state index in [1.807, 2.05) is 6.92 Å². The van der Waals surface area contributed by atoms with Gasteiger partial charge in [-0.1, -0.05) is 26.3 Å². The molecular weight excluding hydrogens is 289 g/mol. The van der Waals surface area contributed by atoms with E-state index in [-0.39, 0.29) is 5.92 Å². The minimum atomic E-state index is -2.14. The van der Waals surface area contributed by atoms with Crippen LogP contribution in [-0.2, 0) is 0 Å². The quantitative estimate of drug-likeness (QED) is 0.355. The van der Waals surface area contributed by atoms with Gasteiger partial charge in [-0.25, -0.2) is 22.0 Å². The Bertz CT molecular complexity index is 508. The lowest BCUT2D eigenvalue weighted by Crippen LogP contribution is -2.20. The molecule has 0 amide bonds. The van der Waals surface area contributed by atoms with E-state index in [1.54, 1.807) is 13.8 Å². The first-order valence-corrected chi connectivity index (χ1v) is 6.73. The summed E-state index contributed by atoms with van der Waals surface area (Å²) in [6.07, 6.45) is 1.90. The summed E-state index contributed by atoms with van der Waals surface area (Å²) in [7, 11) is 0. The Balaban J connectivity index is 3.27. The maximum Gasteiger partial charge on any atom is 0.200 e. The molecule has 0 spiro atoms. The average Bonchev–Trinajstić information content (AvgIpc) is 2.45. The molecule has 0 saturated heterocycles. The highest BCUT2D eigenvalue weighted by Crippen LogP contribution is 2.26. The van der Waals surface area contributed by atoms with Crippen LogP contribution in [0.3, 0.4) is 0 Å². The zero-order valence-corrected chi connectivity index (χ0v) is 12.2. The fourth-order valence-electron chi connectivity index (χ4n) is 1.77. The average molecular weight is 307 g/mol. The molecule has 1 rings (SSSR count). The lowest BCUT2D eigenvalue weighted by atomic mass is 9.99. The van der Waals surface area contributed by atoms with Crippen LogP contribution >= 0.6 is 0 Å². The Morgan fingerprint density at radius 3 is 1.86 bits per heavy atom. The van der Waals surface area contributed by atoms with Crippen LogP contribution in [0.1, 0.15) is 32.8 Å². The SMILES string of the molecule is CCCNCC(=Cc1c(F)c(F)c(F)c(F)c1F)C(C)C. The molecular formula is C15H18F5N. The van der Waals surface area contributed by atoms with Crippen LogP contribution in [-0.4, -0.2) is 13.1 Å². The van der Waals surface area contributed by atoms with Crippen molar-refractivity contribution in [2.75, 3.05) is 13.1 Å². The van der Waals surface area contributed by atoms with E-state index in [2.05, 4.69) is 5.32 Å². The lowest BCUT2D eigenvalue weighted by molar-refractivity contribution is 0.376. The summed E-state index contributed by atoms with van der Waals surface area (Å²) in [5.41, 5.74) is -0.333. The highest BCUT2D eigenvalue weighted by molar-refractivity contribution is 5.55. The summed E-state index contributed by atoms with van der Waals surface area (Å²) in [6, 6.07) is 0. The second-order valence-electron chi connectivity index (χ2n) is 5.03. The fraction of sp³-hybridized carbons (Fsp3) is 0.467. The molecule has 0 aliphatic rings. The molecule has 0 aliphatic heterocycles. The van der Waals surface area contributed by atoms with Gasteiger partial charge in [0.2, 0.25) is 5.82 Å². The second-order valence-corrected chi connectivity index (χ2v) is 5.03. The Kier molecular flexibility index (Phi) is 6.33. The summed E-state index contributed by atoms with van der Waals surface area (Å²) >= 11 is 0. The van der Waals surface area contributed by atoms with Gasteiger partial charge >= 0.3 is 0 Å². The van der Waals surface area contributed by atoms with E-state index in [9.17, 15) is 22.0 Å². The third-order valence-corrected chi connectivity index (χ3v) is 3.07. The first-order valence-electron chi connectivity index (χ1n) is 6.73. The van der Waals surface area contributed by atoms with Crippen LogP contribution in [0.15, 0.2) is 5.57 Å². The van der Waals surface area contributed by atoms with E-state index in [1.165, 1.54) is 0 Å². The van der Waals surface area contributed by atoms with Crippen molar-refractivity contribution < 1.29 is 22.0 Å². The van der Waals surface area contributed by atoms with Crippen molar-refractivity contribution in [3.8, 4) is 0 Å². The number of rotatable bonds is 6. The van der Waals surface area contributed by atoms with Gasteiger partial charge in [0.15, 0.2) is 23.3 Å². The summed E-state index contributed by atoms with van der Waals surface area (Å²) in [5, 5.41) is 3.04. The molecule has 0 aromatic heterocycles. The smallest absolute Gasteiger partial charge is 0.200 e. The molecule has 0 bridgehead atoms. The first-order chi connectivity index (χ1) is 9.81.